The molecule has 1 saturated heterocycles. The Labute approximate surface area is 123 Å². The number of nitrogens with one attached hydrogen (secondary N) is 1. The Morgan fingerprint density at radius 3 is 3.11 bits per heavy atom. The number of benzene rings is 1. The van der Waals surface area contributed by atoms with E-state index in [0.717, 1.165) is 25.4 Å². The first kappa shape index (κ1) is 14.5. The number of halogens is 1. The summed E-state index contributed by atoms with van der Waals surface area (Å²) in [5.41, 5.74) is 7.27. The average molecular weight is 300 g/mol. The molecule has 19 heavy (non-hydrogen) atoms. The van der Waals surface area contributed by atoms with Crippen LogP contribution in [-0.2, 0) is 4.74 Å². The maximum absolute atomic E-state index is 6.12. The quantitative estimate of drug-likeness (QED) is 0.829. The molecule has 1 heterocycles. The van der Waals surface area contributed by atoms with Crippen molar-refractivity contribution in [3.8, 4) is 0 Å². The molecule has 0 aliphatic carbocycles. The van der Waals surface area contributed by atoms with Gasteiger partial charge in [0.1, 0.15) is 4.99 Å². The van der Waals surface area contributed by atoms with Crippen molar-refractivity contribution in [3.63, 3.8) is 0 Å². The fraction of sp³-hybridized carbons (Fsp3) is 0.462. The average Bonchev–Trinajstić information content (AvgIpc) is 2.36. The Morgan fingerprint density at radius 2 is 2.42 bits per heavy atom. The maximum Gasteiger partial charge on any atom is 0.107 e. The van der Waals surface area contributed by atoms with E-state index in [4.69, 9.17) is 34.3 Å². The Balaban J connectivity index is 2.03. The van der Waals surface area contributed by atoms with Crippen molar-refractivity contribution < 1.29 is 4.74 Å². The number of morpholine rings is 1. The van der Waals surface area contributed by atoms with Gasteiger partial charge < -0.3 is 20.7 Å². The van der Waals surface area contributed by atoms with Crippen LogP contribution in [0.4, 0.5) is 5.69 Å². The first-order valence-corrected chi connectivity index (χ1v) is 6.99. The predicted molar refractivity (Wildman–Crippen MR) is 83.1 cm³/mol. The molecule has 2 rings (SSSR count). The number of nitrogens with zero attached hydrogens (tertiary/aromatic N) is 1. The van der Waals surface area contributed by atoms with E-state index in [1.54, 1.807) is 6.07 Å². The zero-order valence-corrected chi connectivity index (χ0v) is 12.4. The Hall–Kier alpha value is -0.880. The minimum absolute atomic E-state index is 0.164. The zero-order valence-electron chi connectivity index (χ0n) is 10.9. The fourth-order valence-corrected chi connectivity index (χ4v) is 2.69. The van der Waals surface area contributed by atoms with Gasteiger partial charge in [-0.05, 0) is 19.2 Å². The van der Waals surface area contributed by atoms with Gasteiger partial charge in [0.15, 0.2) is 0 Å². The van der Waals surface area contributed by atoms with Crippen molar-refractivity contribution in [2.24, 2.45) is 5.73 Å². The van der Waals surface area contributed by atoms with Crippen molar-refractivity contribution in [2.45, 2.75) is 6.10 Å². The predicted octanol–water partition coefficient (Wildman–Crippen LogP) is 1.72. The molecule has 1 aromatic carbocycles. The van der Waals surface area contributed by atoms with E-state index >= 15 is 0 Å². The molecule has 0 spiro atoms. The minimum Gasteiger partial charge on any atom is -0.389 e. The Bertz CT molecular complexity index is 469. The highest BCUT2D eigenvalue weighted by Gasteiger charge is 2.18. The van der Waals surface area contributed by atoms with Gasteiger partial charge in [0.25, 0.3) is 0 Å². The lowest BCUT2D eigenvalue weighted by Gasteiger charge is -2.30. The van der Waals surface area contributed by atoms with Crippen LogP contribution in [0.25, 0.3) is 0 Å². The number of ether oxygens (including phenoxy) is 1. The molecule has 0 amide bonds. The van der Waals surface area contributed by atoms with E-state index in [9.17, 15) is 0 Å². The molecule has 1 aromatic rings. The molecule has 1 aliphatic rings. The van der Waals surface area contributed by atoms with E-state index in [1.807, 2.05) is 12.1 Å². The fourth-order valence-electron chi connectivity index (χ4n) is 2.14. The summed E-state index contributed by atoms with van der Waals surface area (Å²) in [6.45, 7) is 3.36. The highest BCUT2D eigenvalue weighted by atomic mass is 35.5. The summed E-state index contributed by atoms with van der Waals surface area (Å²) < 4.78 is 5.70. The number of anilines is 1. The van der Waals surface area contributed by atoms with Gasteiger partial charge in [0.05, 0.1) is 23.3 Å². The molecule has 0 radical (unpaired) electrons. The van der Waals surface area contributed by atoms with E-state index in [-0.39, 0.29) is 6.10 Å². The first-order valence-electron chi connectivity index (χ1n) is 6.20. The lowest BCUT2D eigenvalue weighted by molar-refractivity contribution is -0.0117. The summed E-state index contributed by atoms with van der Waals surface area (Å²) in [5.74, 6) is 0. The van der Waals surface area contributed by atoms with Gasteiger partial charge in [0.2, 0.25) is 0 Å². The number of nitrogens with two attached hydrogens (primary N) is 1. The maximum atomic E-state index is 6.12. The smallest absolute Gasteiger partial charge is 0.107 e. The molecule has 1 unspecified atom stereocenters. The highest BCUT2D eigenvalue weighted by molar-refractivity contribution is 7.80. The van der Waals surface area contributed by atoms with Crippen molar-refractivity contribution in [1.82, 2.24) is 4.90 Å². The normalized spacial score (nSPS) is 20.2. The van der Waals surface area contributed by atoms with Crippen LogP contribution < -0.4 is 11.1 Å². The molecule has 4 nitrogen and oxygen atoms in total. The lowest BCUT2D eigenvalue weighted by atomic mass is 10.1. The van der Waals surface area contributed by atoms with Crippen LogP contribution in [0.1, 0.15) is 5.56 Å². The monoisotopic (exact) mass is 299 g/mol. The van der Waals surface area contributed by atoms with Crippen LogP contribution in [0.2, 0.25) is 5.02 Å². The summed E-state index contributed by atoms with van der Waals surface area (Å²) in [7, 11) is 2.09. The van der Waals surface area contributed by atoms with Gasteiger partial charge in [0, 0.05) is 25.3 Å². The third kappa shape index (κ3) is 3.79. The van der Waals surface area contributed by atoms with Crippen molar-refractivity contribution in [2.75, 3.05) is 38.6 Å². The number of hydrogen-bond donors (Lipinski definition) is 2. The summed E-state index contributed by atoms with van der Waals surface area (Å²) in [5, 5.41) is 3.89. The standard InChI is InChI=1S/C13H18ClN3OS/c1-17-5-6-18-9(8-17)7-16-11-4-2-3-10(14)12(11)13(15)19/h2-4,9,16H,5-8H2,1H3,(H2,15,19). The molecule has 104 valence electrons. The van der Waals surface area contributed by atoms with Gasteiger partial charge in [-0.15, -0.1) is 0 Å². The summed E-state index contributed by atoms with van der Waals surface area (Å²) in [6.07, 6.45) is 0.164. The molecular weight excluding hydrogens is 282 g/mol. The molecule has 6 heteroatoms. The van der Waals surface area contributed by atoms with Gasteiger partial charge in [-0.1, -0.05) is 29.9 Å². The number of thiocarbonyl (C=S) groups is 1. The van der Waals surface area contributed by atoms with Crippen LogP contribution in [0.5, 0.6) is 0 Å². The Kier molecular flexibility index (Phi) is 4.99. The first-order chi connectivity index (χ1) is 9.08. The molecule has 1 aliphatic heterocycles. The van der Waals surface area contributed by atoms with Crippen molar-refractivity contribution in [3.05, 3.63) is 28.8 Å². The topological polar surface area (TPSA) is 50.5 Å². The summed E-state index contributed by atoms with van der Waals surface area (Å²) in [6, 6.07) is 5.58. The lowest BCUT2D eigenvalue weighted by Crippen LogP contribution is -2.43. The number of likely N-dealkylation sites (N-methyl/N-ethyl adjacent to an activating group) is 1. The van der Waals surface area contributed by atoms with Crippen LogP contribution in [0, 0.1) is 0 Å². The highest BCUT2D eigenvalue weighted by Crippen LogP contribution is 2.24. The zero-order chi connectivity index (χ0) is 13.8. The van der Waals surface area contributed by atoms with E-state index in [2.05, 4.69) is 17.3 Å². The molecule has 0 aromatic heterocycles. The van der Waals surface area contributed by atoms with Crippen LogP contribution in [-0.4, -0.2) is 49.3 Å². The molecule has 3 N–H and O–H groups in total. The molecule has 1 fully saturated rings. The van der Waals surface area contributed by atoms with Crippen molar-refractivity contribution >= 4 is 34.5 Å². The summed E-state index contributed by atoms with van der Waals surface area (Å²) in [4.78, 5) is 2.55. The van der Waals surface area contributed by atoms with Crippen LogP contribution >= 0.6 is 23.8 Å². The van der Waals surface area contributed by atoms with Crippen LogP contribution in [0.15, 0.2) is 18.2 Å². The number of hydrogen-bond acceptors (Lipinski definition) is 4. The summed E-state index contributed by atoms with van der Waals surface area (Å²) >= 11 is 11.2. The molecule has 1 atom stereocenters. The minimum atomic E-state index is 0.164. The van der Waals surface area contributed by atoms with Gasteiger partial charge in [-0.2, -0.15) is 0 Å². The second-order valence-electron chi connectivity index (χ2n) is 4.66. The number of rotatable bonds is 4. The third-order valence-electron chi connectivity index (χ3n) is 3.12. The van der Waals surface area contributed by atoms with Gasteiger partial charge in [-0.3, -0.25) is 0 Å². The van der Waals surface area contributed by atoms with Gasteiger partial charge in [-0.25, -0.2) is 0 Å². The van der Waals surface area contributed by atoms with Gasteiger partial charge >= 0.3 is 0 Å². The van der Waals surface area contributed by atoms with Crippen LogP contribution in [0.3, 0.4) is 0 Å². The molecule has 0 bridgehead atoms. The SMILES string of the molecule is CN1CCOC(CNc2cccc(Cl)c2C(N)=S)C1. The largest absolute Gasteiger partial charge is 0.389 e. The second-order valence-corrected chi connectivity index (χ2v) is 5.51. The third-order valence-corrected chi connectivity index (χ3v) is 3.64. The Morgan fingerprint density at radius 1 is 1.63 bits per heavy atom. The molecule has 0 saturated carbocycles. The molecular formula is C13H18ClN3OS. The van der Waals surface area contributed by atoms with E-state index in [0.29, 0.717) is 22.1 Å². The second kappa shape index (κ2) is 6.52. The van der Waals surface area contributed by atoms with E-state index < -0.39 is 0 Å². The van der Waals surface area contributed by atoms with Crippen molar-refractivity contribution in [1.29, 1.82) is 0 Å². The van der Waals surface area contributed by atoms with E-state index in [1.165, 1.54) is 0 Å².